The fourth-order valence-corrected chi connectivity index (χ4v) is 1.09. The lowest BCUT2D eigenvalue weighted by atomic mass is 10.3. The summed E-state index contributed by atoms with van der Waals surface area (Å²) >= 11 is 4.91. The predicted molar refractivity (Wildman–Crippen MR) is 61.9 cm³/mol. The second-order valence-corrected chi connectivity index (χ2v) is 2.86. The third-order valence-corrected chi connectivity index (χ3v) is 1.72. The molecule has 1 rings (SSSR count). The number of hydrazone groups is 1. The topological polar surface area (TPSA) is 45.7 Å². The van der Waals surface area contributed by atoms with Crippen LogP contribution in [0.3, 0.4) is 0 Å². The molecule has 0 saturated carbocycles. The summed E-state index contributed by atoms with van der Waals surface area (Å²) in [5.41, 5.74) is 3.39. The van der Waals surface area contributed by atoms with Crippen LogP contribution in [0.1, 0.15) is 0 Å². The van der Waals surface area contributed by atoms with E-state index in [1.165, 1.54) is 0 Å². The van der Waals surface area contributed by atoms with Crippen LogP contribution in [0, 0.1) is 0 Å². The summed E-state index contributed by atoms with van der Waals surface area (Å²) in [4.78, 5) is 0. The number of thiocarbonyl (C=S) groups is 1. The molecule has 0 radical (unpaired) electrons. The highest BCUT2D eigenvalue weighted by Gasteiger charge is 1.95. The zero-order chi connectivity index (χ0) is 10.4. The summed E-state index contributed by atoms with van der Waals surface area (Å²) in [5, 5.41) is 6.77. The van der Waals surface area contributed by atoms with Crippen LogP contribution in [0.15, 0.2) is 29.4 Å². The molecule has 0 aliphatic heterocycles. The second kappa shape index (κ2) is 5.18. The van der Waals surface area contributed by atoms with Crippen molar-refractivity contribution in [1.29, 1.82) is 0 Å². The number of ether oxygens (including phenoxy) is 1. The Labute approximate surface area is 88.0 Å². The molecule has 4 nitrogen and oxygen atoms in total. The Kier molecular flexibility index (Phi) is 3.87. The number of rotatable bonds is 3. The normalized spacial score (nSPS) is 8.93. The van der Waals surface area contributed by atoms with Crippen LogP contribution in [0.2, 0.25) is 0 Å². The Bertz CT molecular complexity index is 323. The van der Waals surface area contributed by atoms with Gasteiger partial charge in [-0.3, -0.25) is 5.43 Å². The van der Waals surface area contributed by atoms with Gasteiger partial charge in [0.25, 0.3) is 0 Å². The Hall–Kier alpha value is -1.62. The van der Waals surface area contributed by atoms with Crippen LogP contribution >= 0.6 is 12.2 Å². The predicted octanol–water partition coefficient (Wildman–Crippen LogP) is 1.60. The van der Waals surface area contributed by atoms with Gasteiger partial charge in [0, 0.05) is 12.4 Å². The van der Waals surface area contributed by atoms with Gasteiger partial charge in [-0.25, -0.2) is 0 Å². The number of benzene rings is 1. The van der Waals surface area contributed by atoms with Crippen molar-refractivity contribution in [2.45, 2.75) is 0 Å². The Morgan fingerprint density at radius 3 is 2.57 bits per heavy atom. The van der Waals surface area contributed by atoms with Gasteiger partial charge < -0.3 is 10.1 Å². The summed E-state index contributed by atoms with van der Waals surface area (Å²) in [6, 6.07) is 7.39. The summed E-state index contributed by atoms with van der Waals surface area (Å²) in [5.74, 6) is 0.802. The van der Waals surface area contributed by atoms with E-state index in [-0.39, 0.29) is 0 Å². The Morgan fingerprint density at radius 2 is 2.07 bits per heavy atom. The first-order valence-corrected chi connectivity index (χ1v) is 4.34. The molecule has 0 bridgehead atoms. The zero-order valence-corrected chi connectivity index (χ0v) is 8.60. The lowest BCUT2D eigenvalue weighted by Crippen LogP contribution is -2.23. The van der Waals surface area contributed by atoms with E-state index in [2.05, 4.69) is 22.6 Å². The molecule has 0 unspecified atom stereocenters. The highest BCUT2D eigenvalue weighted by molar-refractivity contribution is 7.80. The molecule has 0 fully saturated rings. The van der Waals surface area contributed by atoms with E-state index in [0.29, 0.717) is 5.11 Å². The summed E-state index contributed by atoms with van der Waals surface area (Å²) in [6.45, 7) is 3.26. The number of methoxy groups -OCH3 is 1. The minimum absolute atomic E-state index is 0.408. The quantitative estimate of drug-likeness (QED) is 0.451. The first kappa shape index (κ1) is 10.5. The molecule has 1 aromatic rings. The Balaban J connectivity index is 2.59. The number of hydrogen-bond donors (Lipinski definition) is 2. The third-order valence-electron chi connectivity index (χ3n) is 1.53. The molecule has 1 aromatic carbocycles. The van der Waals surface area contributed by atoms with Gasteiger partial charge in [-0.1, -0.05) is 0 Å². The monoisotopic (exact) mass is 209 g/mol. The molecular formula is C9H11N3OS. The van der Waals surface area contributed by atoms with Crippen LogP contribution < -0.4 is 15.5 Å². The van der Waals surface area contributed by atoms with Crippen molar-refractivity contribution in [2.75, 3.05) is 12.4 Å². The number of nitrogens with one attached hydrogen (secondary N) is 2. The summed E-state index contributed by atoms with van der Waals surface area (Å²) in [7, 11) is 1.62. The molecule has 0 amide bonds. The van der Waals surface area contributed by atoms with Gasteiger partial charge in [0.1, 0.15) is 5.75 Å². The van der Waals surface area contributed by atoms with Crippen LogP contribution in [0.25, 0.3) is 0 Å². The molecule has 2 N–H and O–H groups in total. The molecule has 5 heteroatoms. The van der Waals surface area contributed by atoms with Gasteiger partial charge >= 0.3 is 0 Å². The lowest BCUT2D eigenvalue weighted by molar-refractivity contribution is 0.415. The minimum Gasteiger partial charge on any atom is -0.497 e. The van der Waals surface area contributed by atoms with E-state index < -0.39 is 0 Å². The fourth-order valence-electron chi connectivity index (χ4n) is 0.905. The fraction of sp³-hybridized carbons (Fsp3) is 0.111. The average Bonchev–Trinajstić information content (AvgIpc) is 2.19. The highest BCUT2D eigenvalue weighted by Crippen LogP contribution is 2.14. The molecule has 0 heterocycles. The lowest BCUT2D eigenvalue weighted by Gasteiger charge is -2.06. The van der Waals surface area contributed by atoms with Gasteiger partial charge in [0.05, 0.1) is 7.11 Å². The third kappa shape index (κ3) is 3.02. The first-order chi connectivity index (χ1) is 6.76. The second-order valence-electron chi connectivity index (χ2n) is 2.45. The van der Waals surface area contributed by atoms with Crippen LogP contribution in [0.4, 0.5) is 5.69 Å². The Morgan fingerprint density at radius 1 is 1.43 bits per heavy atom. The zero-order valence-electron chi connectivity index (χ0n) is 7.78. The number of hydrogen-bond acceptors (Lipinski definition) is 3. The molecule has 0 aliphatic carbocycles. The van der Waals surface area contributed by atoms with E-state index in [0.717, 1.165) is 11.4 Å². The smallest absolute Gasteiger partial charge is 0.191 e. The standard InChI is InChI=1S/C9H11N3OS/c1-10-12-9(14)11-7-3-5-8(13-2)6-4-7/h3-6H,1H2,2H3,(H2,11,12,14). The first-order valence-electron chi connectivity index (χ1n) is 3.93. The number of nitrogens with zero attached hydrogens (tertiary/aromatic N) is 1. The average molecular weight is 209 g/mol. The van der Waals surface area contributed by atoms with E-state index in [4.69, 9.17) is 17.0 Å². The maximum absolute atomic E-state index is 5.02. The van der Waals surface area contributed by atoms with Gasteiger partial charge in [-0.15, -0.1) is 0 Å². The van der Waals surface area contributed by atoms with Gasteiger partial charge in [-0.2, -0.15) is 5.10 Å². The minimum atomic E-state index is 0.408. The van der Waals surface area contributed by atoms with E-state index in [1.54, 1.807) is 7.11 Å². The molecular weight excluding hydrogens is 198 g/mol. The van der Waals surface area contributed by atoms with Crippen LogP contribution in [-0.4, -0.2) is 18.9 Å². The highest BCUT2D eigenvalue weighted by atomic mass is 32.1. The molecule has 74 valence electrons. The summed E-state index contributed by atoms with van der Waals surface area (Å²) in [6.07, 6.45) is 0. The van der Waals surface area contributed by atoms with Crippen molar-refractivity contribution in [3.8, 4) is 5.75 Å². The summed E-state index contributed by atoms with van der Waals surface area (Å²) < 4.78 is 5.02. The molecule has 0 aromatic heterocycles. The SMILES string of the molecule is C=NNC(=S)Nc1ccc(OC)cc1. The maximum atomic E-state index is 5.02. The van der Waals surface area contributed by atoms with Crippen molar-refractivity contribution in [3.05, 3.63) is 24.3 Å². The molecule has 14 heavy (non-hydrogen) atoms. The molecule has 0 spiro atoms. The van der Waals surface area contributed by atoms with Gasteiger partial charge in [0.15, 0.2) is 5.11 Å². The van der Waals surface area contributed by atoms with E-state index in [9.17, 15) is 0 Å². The maximum Gasteiger partial charge on any atom is 0.191 e. The molecule has 0 aliphatic rings. The van der Waals surface area contributed by atoms with Crippen molar-refractivity contribution in [3.63, 3.8) is 0 Å². The van der Waals surface area contributed by atoms with E-state index >= 15 is 0 Å². The van der Waals surface area contributed by atoms with Gasteiger partial charge in [-0.05, 0) is 36.5 Å². The van der Waals surface area contributed by atoms with E-state index in [1.807, 2.05) is 24.3 Å². The molecule has 0 atom stereocenters. The van der Waals surface area contributed by atoms with Crippen molar-refractivity contribution in [2.24, 2.45) is 5.10 Å². The largest absolute Gasteiger partial charge is 0.497 e. The van der Waals surface area contributed by atoms with Crippen molar-refractivity contribution < 1.29 is 4.74 Å². The van der Waals surface area contributed by atoms with Gasteiger partial charge in [0.2, 0.25) is 0 Å². The van der Waals surface area contributed by atoms with Crippen molar-refractivity contribution in [1.82, 2.24) is 5.43 Å². The number of anilines is 1. The van der Waals surface area contributed by atoms with Crippen LogP contribution in [0.5, 0.6) is 5.75 Å². The van der Waals surface area contributed by atoms with Crippen molar-refractivity contribution >= 4 is 29.7 Å². The van der Waals surface area contributed by atoms with Crippen LogP contribution in [-0.2, 0) is 0 Å². The molecule has 0 saturated heterocycles.